The van der Waals surface area contributed by atoms with Gasteiger partial charge in [0.15, 0.2) is 5.69 Å². The van der Waals surface area contributed by atoms with Crippen LogP contribution in [0, 0.1) is 0 Å². The molecule has 0 aliphatic carbocycles. The van der Waals surface area contributed by atoms with E-state index in [1.54, 1.807) is 12.1 Å². The van der Waals surface area contributed by atoms with Crippen LogP contribution in [0.2, 0.25) is 0 Å². The van der Waals surface area contributed by atoms with E-state index in [9.17, 15) is 5.11 Å². The van der Waals surface area contributed by atoms with E-state index in [0.717, 1.165) is 0 Å². The summed E-state index contributed by atoms with van der Waals surface area (Å²) in [5.74, 6) is -0.355. The molecule has 2 N–H and O–H groups in total. The maximum absolute atomic E-state index is 9.28. The number of hydrogen-bond acceptors (Lipinski definition) is 4. The van der Waals surface area contributed by atoms with Gasteiger partial charge in [-0.1, -0.05) is 30.3 Å². The van der Waals surface area contributed by atoms with Gasteiger partial charge in [-0.2, -0.15) is 0 Å². The third-order valence-corrected chi connectivity index (χ3v) is 1.68. The molecular weight excluding hydrogens is 226 g/mol. The Morgan fingerprint density at radius 2 is 1.79 bits per heavy atom. The Labute approximate surface area is 90.4 Å². The van der Waals surface area contributed by atoms with Crippen molar-refractivity contribution in [2.45, 2.75) is 0 Å². The van der Waals surface area contributed by atoms with E-state index in [0.29, 0.717) is 10.4 Å². The van der Waals surface area contributed by atoms with E-state index in [2.05, 4.69) is 10.3 Å². The van der Waals surface area contributed by atoms with Gasteiger partial charge in [-0.3, -0.25) is 0 Å². The third kappa shape index (κ3) is 1.71. The Bertz CT molecular complexity index is 416. The average Bonchev–Trinajstić information content (AvgIpc) is 2.49. The van der Waals surface area contributed by atoms with Crippen LogP contribution in [0.4, 0.5) is 0 Å². The van der Waals surface area contributed by atoms with Gasteiger partial charge in [0.1, 0.15) is 0 Å². The molecule has 0 saturated carbocycles. The van der Waals surface area contributed by atoms with Gasteiger partial charge in [0.2, 0.25) is 0 Å². The summed E-state index contributed by atoms with van der Waals surface area (Å²) in [6, 6.07) is 9.01. The molecule has 0 unspecified atom stereocenters. The predicted molar refractivity (Wildman–Crippen MR) is 44.3 cm³/mol. The van der Waals surface area contributed by atoms with Crippen molar-refractivity contribution in [3.8, 4) is 17.1 Å². The monoisotopic (exact) mass is 233 g/mol. The fraction of sp³-hybridized carbons (Fsp3) is 0. The van der Waals surface area contributed by atoms with Gasteiger partial charge in [0.25, 0.3) is 5.88 Å². The van der Waals surface area contributed by atoms with Gasteiger partial charge in [0.05, 0.1) is 0 Å². The van der Waals surface area contributed by atoms with Crippen molar-refractivity contribution in [3.05, 3.63) is 30.3 Å². The van der Waals surface area contributed by atoms with Crippen molar-refractivity contribution in [1.29, 1.82) is 0 Å². The SMILES string of the molecule is Oc1c(-c2ccccc2)nnn1O.[Fe]. The minimum Gasteiger partial charge on any atom is -0.490 e. The van der Waals surface area contributed by atoms with Crippen molar-refractivity contribution >= 4 is 0 Å². The van der Waals surface area contributed by atoms with E-state index in [4.69, 9.17) is 5.21 Å². The molecule has 2 rings (SSSR count). The molecule has 0 atom stereocenters. The number of nitrogens with zero attached hydrogens (tertiary/aromatic N) is 3. The molecule has 74 valence electrons. The van der Waals surface area contributed by atoms with Crippen LogP contribution in [0.15, 0.2) is 30.3 Å². The van der Waals surface area contributed by atoms with Crippen molar-refractivity contribution in [2.75, 3.05) is 0 Å². The Kier molecular flexibility index (Phi) is 3.11. The van der Waals surface area contributed by atoms with Crippen LogP contribution in [0.3, 0.4) is 0 Å². The number of benzene rings is 1. The molecule has 1 aromatic heterocycles. The Hall–Kier alpha value is -1.52. The first-order valence-electron chi connectivity index (χ1n) is 3.68. The number of rotatable bonds is 1. The Morgan fingerprint density at radius 1 is 1.14 bits per heavy atom. The van der Waals surface area contributed by atoms with Crippen LogP contribution in [0.25, 0.3) is 11.3 Å². The van der Waals surface area contributed by atoms with Crippen molar-refractivity contribution < 1.29 is 27.4 Å². The maximum Gasteiger partial charge on any atom is 0.276 e. The molecule has 2 aromatic rings. The van der Waals surface area contributed by atoms with Crippen molar-refractivity contribution in [3.63, 3.8) is 0 Å². The first-order chi connectivity index (χ1) is 6.29. The molecule has 0 bridgehead atoms. The third-order valence-electron chi connectivity index (χ3n) is 1.68. The molecule has 0 spiro atoms. The molecule has 5 nitrogen and oxygen atoms in total. The van der Waals surface area contributed by atoms with Gasteiger partial charge < -0.3 is 10.3 Å². The zero-order valence-corrected chi connectivity index (χ0v) is 8.08. The molecule has 0 amide bonds. The van der Waals surface area contributed by atoms with Crippen LogP contribution < -0.4 is 0 Å². The molecule has 0 radical (unpaired) electrons. The molecule has 0 fully saturated rings. The maximum atomic E-state index is 9.28. The van der Waals surface area contributed by atoms with Gasteiger partial charge >= 0.3 is 0 Å². The van der Waals surface area contributed by atoms with E-state index in [1.807, 2.05) is 18.2 Å². The first kappa shape index (κ1) is 10.6. The Balaban J connectivity index is 0.000000980. The minimum atomic E-state index is -0.355. The smallest absolute Gasteiger partial charge is 0.276 e. The summed E-state index contributed by atoms with van der Waals surface area (Å²) in [5.41, 5.74) is 0.975. The second-order valence-corrected chi connectivity index (χ2v) is 2.52. The van der Waals surface area contributed by atoms with E-state index in [1.165, 1.54) is 0 Å². The molecule has 0 aliphatic rings. The van der Waals surface area contributed by atoms with Crippen LogP contribution >= 0.6 is 0 Å². The van der Waals surface area contributed by atoms with Crippen LogP contribution in [0.1, 0.15) is 0 Å². The molecule has 0 saturated heterocycles. The summed E-state index contributed by atoms with van der Waals surface area (Å²) in [4.78, 5) is 0.336. The minimum absolute atomic E-state index is 0. The molecule has 1 aromatic carbocycles. The van der Waals surface area contributed by atoms with Gasteiger partial charge in [0, 0.05) is 22.6 Å². The van der Waals surface area contributed by atoms with E-state index >= 15 is 0 Å². The van der Waals surface area contributed by atoms with Crippen LogP contribution in [-0.4, -0.2) is 25.5 Å². The number of aromatic nitrogens is 3. The fourth-order valence-electron chi connectivity index (χ4n) is 1.05. The first-order valence-corrected chi connectivity index (χ1v) is 3.68. The summed E-state index contributed by atoms with van der Waals surface area (Å²) in [6.07, 6.45) is 0. The molecule has 0 aliphatic heterocycles. The summed E-state index contributed by atoms with van der Waals surface area (Å²) in [6.45, 7) is 0. The second-order valence-electron chi connectivity index (χ2n) is 2.52. The summed E-state index contributed by atoms with van der Waals surface area (Å²) in [7, 11) is 0. The van der Waals surface area contributed by atoms with Crippen LogP contribution in [-0.2, 0) is 17.1 Å². The van der Waals surface area contributed by atoms with E-state index < -0.39 is 0 Å². The summed E-state index contributed by atoms with van der Waals surface area (Å²) < 4.78 is 0. The molecule has 1 heterocycles. The van der Waals surface area contributed by atoms with Crippen molar-refractivity contribution in [1.82, 2.24) is 15.2 Å². The molecule has 6 heteroatoms. The number of hydrogen-bond donors (Lipinski definition) is 2. The summed E-state index contributed by atoms with van der Waals surface area (Å²) in [5, 5.41) is 25.0. The largest absolute Gasteiger partial charge is 0.490 e. The van der Waals surface area contributed by atoms with Gasteiger partial charge in [-0.15, -0.1) is 5.10 Å². The normalized spacial score (nSPS) is 9.43. The van der Waals surface area contributed by atoms with Gasteiger partial charge in [-0.25, -0.2) is 0 Å². The predicted octanol–water partition coefficient (Wildman–Crippen LogP) is 0.885. The number of aromatic hydroxyl groups is 1. The Morgan fingerprint density at radius 3 is 2.29 bits per heavy atom. The molecular formula is C8H7FeN3O2. The summed E-state index contributed by atoms with van der Waals surface area (Å²) >= 11 is 0. The second kappa shape index (κ2) is 4.13. The average molecular weight is 233 g/mol. The van der Waals surface area contributed by atoms with Gasteiger partial charge in [-0.05, 0) is 10.1 Å². The topological polar surface area (TPSA) is 71.2 Å². The van der Waals surface area contributed by atoms with E-state index in [-0.39, 0.29) is 28.6 Å². The molecule has 14 heavy (non-hydrogen) atoms. The zero-order valence-electron chi connectivity index (χ0n) is 6.98. The zero-order chi connectivity index (χ0) is 9.26. The fourth-order valence-corrected chi connectivity index (χ4v) is 1.05. The van der Waals surface area contributed by atoms with Crippen LogP contribution in [0.5, 0.6) is 5.88 Å². The van der Waals surface area contributed by atoms with Crippen molar-refractivity contribution in [2.24, 2.45) is 0 Å². The standard InChI is InChI=1S/C8H7N3O2.Fe/c12-8-7(9-10-11(8)13)6-4-2-1-3-5-6;/h1-5,12-13H;. The quantitative estimate of drug-likeness (QED) is 0.566.